The van der Waals surface area contributed by atoms with Gasteiger partial charge in [0, 0.05) is 12.6 Å². The molecule has 1 aromatic carbocycles. The van der Waals surface area contributed by atoms with Crippen LogP contribution in [0.25, 0.3) is 0 Å². The predicted octanol–water partition coefficient (Wildman–Crippen LogP) is 1.85. The van der Waals surface area contributed by atoms with Crippen molar-refractivity contribution in [3.05, 3.63) is 30.3 Å². The molecular formula is C17H17N3O2S. The average Bonchev–Trinajstić information content (AvgIpc) is 3.21. The van der Waals surface area contributed by atoms with Gasteiger partial charge in [-0.05, 0) is 31.2 Å². The first-order valence-corrected chi connectivity index (χ1v) is 9.04. The Morgan fingerprint density at radius 1 is 1.26 bits per heavy atom. The van der Waals surface area contributed by atoms with Gasteiger partial charge in [-0.25, -0.2) is 4.90 Å². The number of benzene rings is 1. The second kappa shape index (κ2) is 5.08. The minimum Gasteiger partial charge on any atom is -0.274 e. The van der Waals surface area contributed by atoms with E-state index < -0.39 is 16.7 Å². The average molecular weight is 327 g/mol. The Hall–Kier alpha value is -1.84. The first-order chi connectivity index (χ1) is 11.2. The molecule has 2 amide bonds. The third kappa shape index (κ3) is 1.72. The van der Waals surface area contributed by atoms with Crippen LogP contribution in [-0.4, -0.2) is 40.4 Å². The van der Waals surface area contributed by atoms with Crippen molar-refractivity contribution in [3.63, 3.8) is 0 Å². The number of para-hydroxylation sites is 1. The molecule has 6 heteroatoms. The Morgan fingerprint density at radius 3 is 2.65 bits per heavy atom. The summed E-state index contributed by atoms with van der Waals surface area (Å²) < 4.78 is 0. The molecule has 118 valence electrons. The highest BCUT2D eigenvalue weighted by Crippen LogP contribution is 2.56. The number of rotatable bonds is 2. The Kier molecular flexibility index (Phi) is 3.26. The maximum Gasteiger partial charge on any atom is 0.241 e. The molecule has 3 aliphatic heterocycles. The Balaban J connectivity index is 1.83. The van der Waals surface area contributed by atoms with Crippen molar-refractivity contribution in [2.75, 3.05) is 17.7 Å². The maximum atomic E-state index is 13.1. The van der Waals surface area contributed by atoms with Crippen molar-refractivity contribution in [1.82, 2.24) is 4.90 Å². The Bertz CT molecular complexity index is 716. The summed E-state index contributed by atoms with van der Waals surface area (Å²) in [5.41, 5.74) is 0.606. The van der Waals surface area contributed by atoms with Gasteiger partial charge in [0.25, 0.3) is 0 Å². The van der Waals surface area contributed by atoms with E-state index in [0.717, 1.165) is 19.4 Å². The highest BCUT2D eigenvalue weighted by Gasteiger charge is 2.70. The third-order valence-corrected chi connectivity index (χ3v) is 6.60. The molecule has 4 atom stereocenters. The van der Waals surface area contributed by atoms with Crippen LogP contribution in [0.15, 0.2) is 30.3 Å². The number of nitriles is 1. The van der Waals surface area contributed by atoms with Crippen molar-refractivity contribution < 1.29 is 9.59 Å². The van der Waals surface area contributed by atoms with E-state index in [2.05, 4.69) is 11.0 Å². The van der Waals surface area contributed by atoms with Gasteiger partial charge in [0.1, 0.15) is 0 Å². The van der Waals surface area contributed by atoms with Crippen LogP contribution < -0.4 is 4.90 Å². The topological polar surface area (TPSA) is 64.4 Å². The molecule has 5 nitrogen and oxygen atoms in total. The molecule has 4 rings (SSSR count). The molecule has 23 heavy (non-hydrogen) atoms. The second-order valence-electron chi connectivity index (χ2n) is 6.27. The lowest BCUT2D eigenvalue weighted by atomic mass is 9.88. The van der Waals surface area contributed by atoms with E-state index in [9.17, 15) is 14.9 Å². The summed E-state index contributed by atoms with van der Waals surface area (Å²) in [5, 5.41) is 9.88. The first-order valence-electron chi connectivity index (χ1n) is 7.81. The zero-order chi connectivity index (χ0) is 16.2. The van der Waals surface area contributed by atoms with Crippen LogP contribution >= 0.6 is 11.8 Å². The van der Waals surface area contributed by atoms with Gasteiger partial charge >= 0.3 is 0 Å². The van der Waals surface area contributed by atoms with Crippen LogP contribution in [0, 0.1) is 23.2 Å². The monoisotopic (exact) mass is 327 g/mol. The van der Waals surface area contributed by atoms with Crippen LogP contribution in [-0.2, 0) is 9.59 Å². The standard InChI is InChI=1S/C17H17N3O2S/c1-23-17(10-18)14-13(12-8-5-9-19(12)17)15(21)20(16(14)22)11-6-3-2-4-7-11/h2-4,6-7,12-14H,5,8-9H2,1H3/t12-,13+,14-,17-/m1/s1. The zero-order valence-electron chi connectivity index (χ0n) is 12.8. The lowest BCUT2D eigenvalue weighted by Crippen LogP contribution is -2.49. The van der Waals surface area contributed by atoms with Crippen molar-refractivity contribution in [3.8, 4) is 6.07 Å². The van der Waals surface area contributed by atoms with Gasteiger partial charge < -0.3 is 0 Å². The lowest BCUT2D eigenvalue weighted by Gasteiger charge is -2.34. The molecule has 0 radical (unpaired) electrons. The molecule has 3 aliphatic rings. The summed E-state index contributed by atoms with van der Waals surface area (Å²) >= 11 is 1.40. The van der Waals surface area contributed by atoms with Crippen LogP contribution in [0.2, 0.25) is 0 Å². The van der Waals surface area contributed by atoms with Crippen LogP contribution in [0.4, 0.5) is 5.69 Å². The quantitative estimate of drug-likeness (QED) is 0.776. The van der Waals surface area contributed by atoms with Gasteiger partial charge in [0.2, 0.25) is 11.8 Å². The molecule has 3 heterocycles. The van der Waals surface area contributed by atoms with Gasteiger partial charge in [-0.3, -0.25) is 14.5 Å². The first kappa shape index (κ1) is 14.7. The van der Waals surface area contributed by atoms with E-state index in [1.807, 2.05) is 24.5 Å². The minimum atomic E-state index is -0.915. The number of nitrogens with zero attached hydrogens (tertiary/aromatic N) is 3. The number of amides is 2. The van der Waals surface area contributed by atoms with Gasteiger partial charge in [-0.2, -0.15) is 5.26 Å². The summed E-state index contributed by atoms with van der Waals surface area (Å²) in [4.78, 5) is 28.6. The fraction of sp³-hybridized carbons (Fsp3) is 0.471. The molecule has 0 spiro atoms. The number of imide groups is 1. The van der Waals surface area contributed by atoms with Gasteiger partial charge in [-0.1, -0.05) is 18.2 Å². The van der Waals surface area contributed by atoms with E-state index in [0.29, 0.717) is 5.69 Å². The number of carbonyl (C=O) groups is 2. The van der Waals surface area contributed by atoms with E-state index in [-0.39, 0.29) is 17.9 Å². The van der Waals surface area contributed by atoms with Crippen molar-refractivity contribution in [1.29, 1.82) is 5.26 Å². The Morgan fingerprint density at radius 2 is 2.00 bits per heavy atom. The number of fused-ring (bicyclic) bond motifs is 3. The smallest absolute Gasteiger partial charge is 0.241 e. The summed E-state index contributed by atoms with van der Waals surface area (Å²) in [6, 6.07) is 11.4. The van der Waals surface area contributed by atoms with Crippen LogP contribution in [0.1, 0.15) is 12.8 Å². The highest BCUT2D eigenvalue weighted by atomic mass is 32.2. The maximum absolute atomic E-state index is 13.1. The molecule has 3 fully saturated rings. The van der Waals surface area contributed by atoms with Crippen LogP contribution in [0.5, 0.6) is 0 Å². The molecule has 0 aliphatic carbocycles. The number of anilines is 1. The SMILES string of the molecule is CS[C@]1(C#N)[C@H]2C(=O)N(c3ccccc3)C(=O)[C@H]2[C@H]2CCCN21. The van der Waals surface area contributed by atoms with E-state index in [1.165, 1.54) is 16.7 Å². The number of hydrogen-bond acceptors (Lipinski definition) is 5. The predicted molar refractivity (Wildman–Crippen MR) is 87.5 cm³/mol. The van der Waals surface area contributed by atoms with E-state index in [4.69, 9.17) is 0 Å². The summed E-state index contributed by atoms with van der Waals surface area (Å²) in [6.45, 7) is 0.790. The molecular weight excluding hydrogens is 310 g/mol. The number of carbonyl (C=O) groups excluding carboxylic acids is 2. The van der Waals surface area contributed by atoms with Crippen molar-refractivity contribution in [2.45, 2.75) is 23.8 Å². The zero-order valence-corrected chi connectivity index (χ0v) is 13.6. The number of hydrogen-bond donors (Lipinski definition) is 0. The van der Waals surface area contributed by atoms with E-state index in [1.54, 1.807) is 12.1 Å². The lowest BCUT2D eigenvalue weighted by molar-refractivity contribution is -0.123. The second-order valence-corrected chi connectivity index (χ2v) is 7.30. The normalized spacial score (nSPS) is 36.2. The fourth-order valence-electron chi connectivity index (χ4n) is 4.50. The summed E-state index contributed by atoms with van der Waals surface area (Å²) in [5.74, 6) is -1.33. The molecule has 0 bridgehead atoms. The molecule has 0 N–H and O–H groups in total. The van der Waals surface area contributed by atoms with E-state index >= 15 is 0 Å². The Labute approximate surface area is 139 Å². The largest absolute Gasteiger partial charge is 0.274 e. The minimum absolute atomic E-state index is 0.0114. The van der Waals surface area contributed by atoms with Crippen molar-refractivity contribution in [2.24, 2.45) is 11.8 Å². The highest BCUT2D eigenvalue weighted by molar-refractivity contribution is 8.00. The van der Waals surface area contributed by atoms with Crippen molar-refractivity contribution >= 4 is 29.3 Å². The number of thioether (sulfide) groups is 1. The van der Waals surface area contributed by atoms with Gasteiger partial charge in [0.15, 0.2) is 4.87 Å². The molecule has 0 aromatic heterocycles. The molecule has 3 saturated heterocycles. The molecule has 0 saturated carbocycles. The third-order valence-electron chi connectivity index (χ3n) is 5.40. The molecule has 0 unspecified atom stereocenters. The van der Waals surface area contributed by atoms with Crippen LogP contribution in [0.3, 0.4) is 0 Å². The summed E-state index contributed by atoms with van der Waals surface area (Å²) in [6.07, 6.45) is 3.72. The fourth-order valence-corrected chi connectivity index (χ4v) is 5.56. The summed E-state index contributed by atoms with van der Waals surface area (Å²) in [7, 11) is 0. The molecule has 1 aromatic rings. The van der Waals surface area contributed by atoms with Gasteiger partial charge in [-0.15, -0.1) is 11.8 Å². The van der Waals surface area contributed by atoms with Gasteiger partial charge in [0.05, 0.1) is 23.6 Å².